The molecular formula is C15H8F6N2O. The van der Waals surface area contributed by atoms with Crippen molar-refractivity contribution >= 4 is 0 Å². The van der Waals surface area contributed by atoms with Crippen LogP contribution in [-0.4, -0.2) is 11.3 Å². The number of halogens is 6. The highest BCUT2D eigenvalue weighted by atomic mass is 19.4. The highest BCUT2D eigenvalue weighted by Gasteiger charge is 2.33. The number of nitriles is 1. The van der Waals surface area contributed by atoms with E-state index in [1.54, 1.807) is 6.07 Å². The van der Waals surface area contributed by atoms with Crippen LogP contribution in [0.5, 0.6) is 5.75 Å². The molecular weight excluding hydrogens is 338 g/mol. The van der Waals surface area contributed by atoms with Gasteiger partial charge in [0, 0.05) is 5.56 Å². The fraction of sp³-hybridized carbons (Fsp3) is 0.200. The van der Waals surface area contributed by atoms with Crippen molar-refractivity contribution in [1.29, 1.82) is 5.26 Å². The fourth-order valence-electron chi connectivity index (χ4n) is 1.90. The van der Waals surface area contributed by atoms with Crippen molar-refractivity contribution in [2.24, 2.45) is 0 Å². The van der Waals surface area contributed by atoms with E-state index >= 15 is 0 Å². The Morgan fingerprint density at radius 2 is 1.62 bits per heavy atom. The van der Waals surface area contributed by atoms with Gasteiger partial charge in [0.15, 0.2) is 0 Å². The van der Waals surface area contributed by atoms with Gasteiger partial charge in [0.05, 0.1) is 18.2 Å². The number of hydrogen-bond donors (Lipinski definition) is 0. The number of benzene rings is 1. The van der Waals surface area contributed by atoms with Crippen LogP contribution in [0.4, 0.5) is 26.3 Å². The van der Waals surface area contributed by atoms with Gasteiger partial charge in [-0.05, 0) is 42.0 Å². The van der Waals surface area contributed by atoms with Crippen LogP contribution >= 0.6 is 0 Å². The molecule has 0 radical (unpaired) electrons. The van der Waals surface area contributed by atoms with Gasteiger partial charge in [-0.3, -0.25) is 0 Å². The average Bonchev–Trinajstić information content (AvgIpc) is 2.45. The van der Waals surface area contributed by atoms with Crippen LogP contribution in [0.1, 0.15) is 11.3 Å². The number of alkyl halides is 6. The normalized spacial score (nSPS) is 11.9. The maximum absolute atomic E-state index is 12.9. The molecule has 3 nitrogen and oxygen atoms in total. The number of ether oxygens (including phenoxy) is 1. The molecule has 0 aliphatic heterocycles. The van der Waals surface area contributed by atoms with Crippen LogP contribution in [-0.2, 0) is 12.6 Å². The van der Waals surface area contributed by atoms with E-state index in [1.165, 1.54) is 6.07 Å². The largest absolute Gasteiger partial charge is 0.573 e. The third-order valence-electron chi connectivity index (χ3n) is 2.84. The lowest BCUT2D eigenvalue weighted by Gasteiger charge is -2.11. The summed E-state index contributed by atoms with van der Waals surface area (Å²) in [6.45, 7) is 0. The van der Waals surface area contributed by atoms with E-state index in [-0.39, 0.29) is 23.2 Å². The summed E-state index contributed by atoms with van der Waals surface area (Å²) in [5.74, 6) is -0.504. The van der Waals surface area contributed by atoms with Crippen molar-refractivity contribution in [3.63, 3.8) is 0 Å². The Labute approximate surface area is 132 Å². The third-order valence-corrected chi connectivity index (χ3v) is 2.84. The molecule has 1 aromatic carbocycles. The molecule has 24 heavy (non-hydrogen) atoms. The molecule has 0 saturated heterocycles. The van der Waals surface area contributed by atoms with E-state index in [0.717, 1.165) is 30.3 Å². The Morgan fingerprint density at radius 1 is 1.00 bits per heavy atom. The summed E-state index contributed by atoms with van der Waals surface area (Å²) in [6.07, 6.45) is -9.83. The highest BCUT2D eigenvalue weighted by Crippen LogP contribution is 2.32. The molecule has 1 heterocycles. The van der Waals surface area contributed by atoms with Gasteiger partial charge in [-0.2, -0.15) is 18.4 Å². The minimum Gasteiger partial charge on any atom is -0.406 e. The molecule has 0 fully saturated rings. The Hall–Kier alpha value is -2.76. The van der Waals surface area contributed by atoms with Crippen LogP contribution < -0.4 is 4.74 Å². The molecule has 0 aliphatic carbocycles. The third kappa shape index (κ3) is 4.62. The second kappa shape index (κ2) is 6.39. The molecule has 0 unspecified atom stereocenters. The van der Waals surface area contributed by atoms with E-state index in [2.05, 4.69) is 9.72 Å². The molecule has 0 aliphatic rings. The van der Waals surface area contributed by atoms with Gasteiger partial charge in [-0.25, -0.2) is 4.98 Å². The van der Waals surface area contributed by atoms with Crippen LogP contribution in [0.3, 0.4) is 0 Å². The van der Waals surface area contributed by atoms with E-state index in [9.17, 15) is 26.3 Å². The Bertz CT molecular complexity index is 760. The van der Waals surface area contributed by atoms with Gasteiger partial charge in [0.2, 0.25) is 0 Å². The van der Waals surface area contributed by atoms with Crippen molar-refractivity contribution in [3.05, 3.63) is 47.7 Å². The summed E-state index contributed by atoms with van der Waals surface area (Å²) in [7, 11) is 0. The fourth-order valence-corrected chi connectivity index (χ4v) is 1.90. The quantitative estimate of drug-likeness (QED) is 0.755. The summed E-state index contributed by atoms with van der Waals surface area (Å²) in [4.78, 5) is 3.46. The summed E-state index contributed by atoms with van der Waals surface area (Å²) in [5.41, 5.74) is -1.02. The summed E-state index contributed by atoms with van der Waals surface area (Å²) in [6, 6.07) is 8.01. The Kier molecular flexibility index (Phi) is 4.68. The predicted octanol–water partition coefficient (Wildman–Crippen LogP) is 4.73. The van der Waals surface area contributed by atoms with Crippen LogP contribution in [0.2, 0.25) is 0 Å². The summed E-state index contributed by atoms with van der Waals surface area (Å²) >= 11 is 0. The second-order valence-corrected chi connectivity index (χ2v) is 4.65. The standard InChI is InChI=1S/C15H8F6N2O/c16-14(17,18)13-8-9(5-6-22)7-12(23-13)10-1-3-11(4-2-10)24-15(19,20)21/h1-4,7-8H,5H2. The summed E-state index contributed by atoms with van der Waals surface area (Å²) < 4.78 is 78.6. The average molecular weight is 346 g/mol. The second-order valence-electron chi connectivity index (χ2n) is 4.65. The molecule has 9 heteroatoms. The molecule has 0 spiro atoms. The van der Waals surface area contributed by atoms with Crippen molar-refractivity contribution in [2.75, 3.05) is 0 Å². The monoisotopic (exact) mass is 346 g/mol. The first-order valence-corrected chi connectivity index (χ1v) is 6.40. The SMILES string of the molecule is N#CCc1cc(-c2ccc(OC(F)(F)F)cc2)nc(C(F)(F)F)c1. The zero-order valence-electron chi connectivity index (χ0n) is 11.7. The Balaban J connectivity index is 2.40. The summed E-state index contributed by atoms with van der Waals surface area (Å²) in [5, 5.41) is 8.64. The Morgan fingerprint density at radius 3 is 2.12 bits per heavy atom. The molecule has 2 rings (SSSR count). The van der Waals surface area contributed by atoms with Gasteiger partial charge in [-0.15, -0.1) is 13.2 Å². The molecule has 0 bridgehead atoms. The zero-order valence-corrected chi connectivity index (χ0v) is 11.7. The van der Waals surface area contributed by atoms with Crippen LogP contribution in [0.15, 0.2) is 36.4 Å². The first kappa shape index (κ1) is 17.6. The smallest absolute Gasteiger partial charge is 0.406 e. The van der Waals surface area contributed by atoms with Gasteiger partial charge in [-0.1, -0.05) is 0 Å². The van der Waals surface area contributed by atoms with E-state index in [1.807, 2.05) is 0 Å². The molecule has 0 saturated carbocycles. The van der Waals surface area contributed by atoms with Gasteiger partial charge in [0.25, 0.3) is 0 Å². The minimum atomic E-state index is -4.87. The van der Waals surface area contributed by atoms with E-state index in [0.29, 0.717) is 0 Å². The lowest BCUT2D eigenvalue weighted by Crippen LogP contribution is -2.16. The molecule has 0 amide bonds. The van der Waals surface area contributed by atoms with Crippen molar-refractivity contribution < 1.29 is 31.1 Å². The topological polar surface area (TPSA) is 45.9 Å². The highest BCUT2D eigenvalue weighted by molar-refractivity contribution is 5.61. The first-order valence-electron chi connectivity index (χ1n) is 6.40. The lowest BCUT2D eigenvalue weighted by atomic mass is 10.1. The van der Waals surface area contributed by atoms with E-state index in [4.69, 9.17) is 5.26 Å². The zero-order chi connectivity index (χ0) is 18.0. The van der Waals surface area contributed by atoms with Crippen LogP contribution in [0, 0.1) is 11.3 Å². The number of nitrogens with zero attached hydrogens (tertiary/aromatic N) is 2. The minimum absolute atomic E-state index is 0.102. The van der Waals surface area contributed by atoms with Crippen molar-refractivity contribution in [2.45, 2.75) is 19.0 Å². The molecule has 1 aromatic heterocycles. The van der Waals surface area contributed by atoms with Crippen molar-refractivity contribution in [1.82, 2.24) is 4.98 Å². The number of rotatable bonds is 3. The van der Waals surface area contributed by atoms with Crippen molar-refractivity contribution in [3.8, 4) is 23.1 Å². The molecule has 0 N–H and O–H groups in total. The van der Waals surface area contributed by atoms with Gasteiger partial charge < -0.3 is 4.74 Å². The number of pyridine rings is 1. The lowest BCUT2D eigenvalue weighted by molar-refractivity contribution is -0.274. The number of hydrogen-bond acceptors (Lipinski definition) is 3. The van der Waals surface area contributed by atoms with Gasteiger partial charge in [0.1, 0.15) is 11.4 Å². The molecule has 0 atom stereocenters. The van der Waals surface area contributed by atoms with Gasteiger partial charge >= 0.3 is 12.5 Å². The molecule has 2 aromatic rings. The molecule has 126 valence electrons. The maximum Gasteiger partial charge on any atom is 0.573 e. The van der Waals surface area contributed by atoms with Crippen LogP contribution in [0.25, 0.3) is 11.3 Å². The maximum atomic E-state index is 12.9. The first-order chi connectivity index (χ1) is 11.1. The predicted molar refractivity (Wildman–Crippen MR) is 70.7 cm³/mol. The van der Waals surface area contributed by atoms with E-state index < -0.39 is 24.0 Å². The number of aromatic nitrogens is 1.